The van der Waals surface area contributed by atoms with Crippen molar-refractivity contribution in [3.63, 3.8) is 0 Å². The molecule has 0 radical (unpaired) electrons. The van der Waals surface area contributed by atoms with Gasteiger partial charge in [0, 0.05) is 19.2 Å². The van der Waals surface area contributed by atoms with Crippen molar-refractivity contribution in [1.29, 1.82) is 0 Å². The van der Waals surface area contributed by atoms with Gasteiger partial charge in [-0.1, -0.05) is 23.7 Å². The summed E-state index contributed by atoms with van der Waals surface area (Å²) in [6.45, 7) is 4.81. The molecule has 5 rings (SSSR count). The van der Waals surface area contributed by atoms with Crippen LogP contribution in [0.4, 0.5) is 5.69 Å². The number of hydrogen-bond acceptors (Lipinski definition) is 5. The summed E-state index contributed by atoms with van der Waals surface area (Å²) in [6, 6.07) is 18.8. The van der Waals surface area contributed by atoms with Crippen LogP contribution in [0.15, 0.2) is 42.5 Å². The Hall–Kier alpha value is -3.73. The minimum Gasteiger partial charge on any atom is -0.478 e. The monoisotopic (exact) mass is 461 g/mol. The average Bonchev–Trinajstić information content (AvgIpc) is 3.21. The molecule has 0 atom stereocenters. The van der Waals surface area contributed by atoms with E-state index in [1.165, 1.54) is 6.07 Å². The number of pyridine rings is 1. The molecule has 33 heavy (non-hydrogen) atoms. The van der Waals surface area contributed by atoms with E-state index in [2.05, 4.69) is 27.0 Å². The molecule has 0 spiro atoms. The van der Waals surface area contributed by atoms with Gasteiger partial charge in [0.15, 0.2) is 5.88 Å². The lowest BCUT2D eigenvalue weighted by atomic mass is 10.1. The number of halogens is 1. The number of aromatic amines is 1. The summed E-state index contributed by atoms with van der Waals surface area (Å²) in [5, 5.41) is 9.80. The summed E-state index contributed by atoms with van der Waals surface area (Å²) in [7, 11) is 0. The smallest absolute Gasteiger partial charge is 0.336 e. The lowest BCUT2D eigenvalue weighted by Crippen LogP contribution is -2.36. The van der Waals surface area contributed by atoms with E-state index in [0.29, 0.717) is 52.2 Å². The molecule has 2 aromatic heterocycles. The van der Waals surface area contributed by atoms with Gasteiger partial charge in [0.1, 0.15) is 5.75 Å². The minimum absolute atomic E-state index is 0.194. The van der Waals surface area contributed by atoms with E-state index in [-0.39, 0.29) is 5.56 Å². The Labute approximate surface area is 195 Å². The Morgan fingerprint density at radius 3 is 2.73 bits per heavy atom. The molecule has 8 heteroatoms. The van der Waals surface area contributed by atoms with Crippen molar-refractivity contribution in [3.8, 4) is 22.9 Å². The molecule has 1 aliphatic heterocycles. The number of nitrogens with zero attached hydrogens (tertiary/aromatic N) is 2. The third-order valence-electron chi connectivity index (χ3n) is 5.54. The van der Waals surface area contributed by atoms with Crippen molar-refractivity contribution < 1.29 is 19.4 Å². The summed E-state index contributed by atoms with van der Waals surface area (Å²) < 4.78 is 11.2. The first-order valence-electron chi connectivity index (χ1n) is 10.5. The highest BCUT2D eigenvalue weighted by Crippen LogP contribution is 2.32. The first-order chi connectivity index (χ1) is 16.0. The molecule has 3 heterocycles. The van der Waals surface area contributed by atoms with Crippen molar-refractivity contribution in [1.82, 2.24) is 9.97 Å². The molecular formula is C25H20ClN3O4. The third-order valence-corrected chi connectivity index (χ3v) is 5.83. The molecule has 0 unspecified atom stereocenters. The second kappa shape index (κ2) is 8.66. The molecule has 0 bridgehead atoms. The predicted octanol–water partition coefficient (Wildman–Crippen LogP) is 5.12. The van der Waals surface area contributed by atoms with Crippen LogP contribution in [-0.2, 0) is 4.74 Å². The fourth-order valence-corrected chi connectivity index (χ4v) is 4.03. The van der Waals surface area contributed by atoms with E-state index in [1.807, 2.05) is 12.1 Å². The van der Waals surface area contributed by atoms with Crippen LogP contribution in [0, 0.1) is 19.1 Å². The van der Waals surface area contributed by atoms with Gasteiger partial charge in [0.05, 0.1) is 51.8 Å². The molecule has 0 saturated carbocycles. The molecule has 0 amide bonds. The van der Waals surface area contributed by atoms with Crippen LogP contribution in [0.3, 0.4) is 0 Å². The number of aromatic nitrogens is 2. The number of ether oxygens (including phenoxy) is 2. The number of aryl methyl sites for hydroxylation is 1. The van der Waals surface area contributed by atoms with E-state index >= 15 is 0 Å². The number of carboxylic acid groups (broad SMARTS) is 1. The quantitative estimate of drug-likeness (QED) is 0.429. The summed E-state index contributed by atoms with van der Waals surface area (Å²) >= 11 is 6.52. The van der Waals surface area contributed by atoms with Gasteiger partial charge in [-0.05, 0) is 48.9 Å². The van der Waals surface area contributed by atoms with E-state index in [4.69, 9.17) is 21.1 Å². The number of rotatable bonds is 5. The summed E-state index contributed by atoms with van der Waals surface area (Å²) in [6.07, 6.45) is 0. The fraction of sp³-hybridized carbons (Fsp3) is 0.200. The highest BCUT2D eigenvalue weighted by Gasteiger charge is 2.15. The van der Waals surface area contributed by atoms with Crippen LogP contribution in [0.5, 0.6) is 11.6 Å². The summed E-state index contributed by atoms with van der Waals surface area (Å²) in [4.78, 5) is 21.4. The van der Waals surface area contributed by atoms with Crippen LogP contribution in [0.1, 0.15) is 15.9 Å². The second-order valence-electron chi connectivity index (χ2n) is 7.75. The summed E-state index contributed by atoms with van der Waals surface area (Å²) in [5.74, 6) is -0.151. The molecule has 1 saturated heterocycles. The van der Waals surface area contributed by atoms with Crippen LogP contribution < -0.4 is 9.64 Å². The zero-order valence-corrected chi connectivity index (χ0v) is 18.6. The molecule has 1 fully saturated rings. The maximum Gasteiger partial charge on any atom is 0.336 e. The maximum absolute atomic E-state index is 11.4. The Morgan fingerprint density at radius 2 is 2.00 bits per heavy atom. The summed E-state index contributed by atoms with van der Waals surface area (Å²) in [5.41, 5.74) is 4.54. The largest absolute Gasteiger partial charge is 0.478 e. The van der Waals surface area contributed by atoms with Crippen LogP contribution in [0.25, 0.3) is 22.3 Å². The number of carboxylic acids is 1. The van der Waals surface area contributed by atoms with Gasteiger partial charge < -0.3 is 24.5 Å². The molecular weight excluding hydrogens is 442 g/mol. The number of morpholine rings is 1. The fourth-order valence-electron chi connectivity index (χ4n) is 3.78. The van der Waals surface area contributed by atoms with Crippen molar-refractivity contribution in [2.24, 2.45) is 0 Å². The third kappa shape index (κ3) is 4.31. The molecule has 0 aliphatic carbocycles. The molecule has 1 aliphatic rings. The Balaban J connectivity index is 1.41. The number of benzene rings is 1. The van der Waals surface area contributed by atoms with Gasteiger partial charge in [-0.15, -0.1) is 0 Å². The lowest BCUT2D eigenvalue weighted by molar-refractivity contribution is 0.0695. The zero-order valence-electron chi connectivity index (χ0n) is 17.8. The van der Waals surface area contributed by atoms with Gasteiger partial charge in [-0.3, -0.25) is 0 Å². The molecule has 7 nitrogen and oxygen atoms in total. The normalized spacial score (nSPS) is 13.7. The Bertz CT molecular complexity index is 1330. The van der Waals surface area contributed by atoms with Crippen molar-refractivity contribution >= 4 is 34.3 Å². The van der Waals surface area contributed by atoms with E-state index in [9.17, 15) is 9.90 Å². The van der Waals surface area contributed by atoms with Crippen molar-refractivity contribution in [2.75, 3.05) is 31.2 Å². The van der Waals surface area contributed by atoms with Gasteiger partial charge in [0.2, 0.25) is 0 Å². The maximum atomic E-state index is 11.4. The first kappa shape index (κ1) is 21.1. The number of anilines is 1. The lowest BCUT2D eigenvalue weighted by Gasteiger charge is -2.27. The Kier molecular flexibility index (Phi) is 5.55. The van der Waals surface area contributed by atoms with Gasteiger partial charge in [0.25, 0.3) is 0 Å². The highest BCUT2D eigenvalue weighted by molar-refractivity contribution is 6.33. The van der Waals surface area contributed by atoms with E-state index in [1.54, 1.807) is 31.2 Å². The number of H-pyrrole nitrogens is 1. The van der Waals surface area contributed by atoms with Crippen LogP contribution in [-0.4, -0.2) is 47.3 Å². The van der Waals surface area contributed by atoms with E-state index < -0.39 is 5.97 Å². The minimum atomic E-state index is -1.000. The molecule has 2 aromatic carbocycles. The standard InChI is InChI=1S/C25H20ClN3O4/c1-15-2-7-18(12-19(15)25(30)31)33-23-14-22-21(27-23)13-20(26)24(28-22)16-3-5-17(6-4-16)29-8-10-32-11-9-29/h2-3,5,7,12-14,27H,8-11H2,1H3,(H,30,31). The number of hydrogen-bond donors (Lipinski definition) is 2. The SMILES string of the molecule is Cc1ccc(Oc2cc3nc(-c4c#cc(N5CCOCC5)cc4)c(Cl)cc3[nH]2)cc1C(=O)O. The van der Waals surface area contributed by atoms with E-state index in [0.717, 1.165) is 24.3 Å². The Morgan fingerprint density at radius 1 is 1.18 bits per heavy atom. The molecule has 2 N–H and O–H groups in total. The topological polar surface area (TPSA) is 87.7 Å². The van der Waals surface area contributed by atoms with Crippen molar-refractivity contribution in [3.05, 3.63) is 70.7 Å². The van der Waals surface area contributed by atoms with Gasteiger partial charge >= 0.3 is 5.97 Å². The average molecular weight is 462 g/mol. The number of nitrogens with one attached hydrogen (secondary N) is 1. The second-order valence-corrected chi connectivity index (χ2v) is 8.16. The first-order valence-corrected chi connectivity index (χ1v) is 10.8. The predicted molar refractivity (Wildman–Crippen MR) is 125 cm³/mol. The highest BCUT2D eigenvalue weighted by atomic mass is 35.5. The zero-order chi connectivity index (χ0) is 22.9. The van der Waals surface area contributed by atoms with Gasteiger partial charge in [-0.25, -0.2) is 9.78 Å². The van der Waals surface area contributed by atoms with Crippen LogP contribution >= 0.6 is 11.6 Å². The van der Waals surface area contributed by atoms with Crippen molar-refractivity contribution in [2.45, 2.75) is 6.92 Å². The van der Waals surface area contributed by atoms with Gasteiger partial charge in [-0.2, -0.15) is 0 Å². The number of fused-ring (bicyclic) bond motifs is 1. The number of aromatic carboxylic acids is 1. The molecule has 166 valence electrons. The number of carbonyl (C=O) groups is 1. The van der Waals surface area contributed by atoms with Crippen LogP contribution in [0.2, 0.25) is 5.02 Å². The molecule has 4 aromatic rings.